The van der Waals surface area contributed by atoms with Crippen LogP contribution in [-0.2, 0) is 9.68 Å². The molecule has 3 rings (SSSR count). The SMILES string of the molecule is CON(C)C(=O)N1CCC2(C=C(C#Cc3cccc(Cl)c3)NO2)CC1. The summed E-state index contributed by atoms with van der Waals surface area (Å²) in [6.45, 7) is 1.19. The number of urea groups is 1. The molecule has 7 heteroatoms. The van der Waals surface area contributed by atoms with E-state index >= 15 is 0 Å². The molecule has 2 heterocycles. The third-order valence-corrected chi connectivity index (χ3v) is 4.60. The molecule has 1 N–H and O–H groups in total. The van der Waals surface area contributed by atoms with E-state index in [1.165, 1.54) is 12.2 Å². The molecule has 1 saturated heterocycles. The molecule has 1 aromatic rings. The Labute approximate surface area is 152 Å². The van der Waals surface area contributed by atoms with Gasteiger partial charge >= 0.3 is 6.03 Å². The standard InChI is InChI=1S/C18H20ClN3O3/c1-21(24-2)17(23)22-10-8-18(9-11-22)13-16(20-25-18)7-6-14-4-3-5-15(19)12-14/h3-5,12-13,20H,8-11H2,1-2H3. The summed E-state index contributed by atoms with van der Waals surface area (Å²) in [6.07, 6.45) is 3.41. The average molecular weight is 362 g/mol. The molecular formula is C18H20ClN3O3. The van der Waals surface area contributed by atoms with Crippen molar-refractivity contribution in [3.63, 3.8) is 0 Å². The average Bonchev–Trinajstić information content (AvgIpc) is 3.02. The van der Waals surface area contributed by atoms with Crippen LogP contribution in [0.3, 0.4) is 0 Å². The molecule has 0 bridgehead atoms. The summed E-state index contributed by atoms with van der Waals surface area (Å²) >= 11 is 5.96. The van der Waals surface area contributed by atoms with Gasteiger partial charge in [-0.3, -0.25) is 15.2 Å². The van der Waals surface area contributed by atoms with Crippen molar-refractivity contribution in [3.8, 4) is 11.8 Å². The molecule has 0 saturated carbocycles. The summed E-state index contributed by atoms with van der Waals surface area (Å²) in [5.74, 6) is 6.13. The molecule has 2 amide bonds. The first-order chi connectivity index (χ1) is 12.0. The molecule has 1 fully saturated rings. The molecule has 2 aliphatic rings. The Morgan fingerprint density at radius 2 is 2.16 bits per heavy atom. The van der Waals surface area contributed by atoms with Crippen LogP contribution in [0.4, 0.5) is 4.79 Å². The summed E-state index contributed by atoms with van der Waals surface area (Å²) in [5.41, 5.74) is 4.06. The number of hydrogen-bond donors (Lipinski definition) is 1. The summed E-state index contributed by atoms with van der Waals surface area (Å²) in [6, 6.07) is 7.25. The van der Waals surface area contributed by atoms with Crippen molar-refractivity contribution >= 4 is 17.6 Å². The Morgan fingerprint density at radius 3 is 2.84 bits per heavy atom. The van der Waals surface area contributed by atoms with Gasteiger partial charge in [0.15, 0.2) is 0 Å². The minimum atomic E-state index is -0.416. The number of hydroxylamine groups is 3. The summed E-state index contributed by atoms with van der Waals surface area (Å²) in [5, 5.41) is 1.88. The minimum Gasteiger partial charge on any atom is -0.323 e. The van der Waals surface area contributed by atoms with E-state index in [-0.39, 0.29) is 6.03 Å². The van der Waals surface area contributed by atoms with E-state index in [4.69, 9.17) is 21.3 Å². The zero-order valence-corrected chi connectivity index (χ0v) is 15.0. The van der Waals surface area contributed by atoms with Gasteiger partial charge in [-0.1, -0.05) is 23.6 Å². The van der Waals surface area contributed by atoms with Gasteiger partial charge < -0.3 is 4.90 Å². The lowest BCUT2D eigenvalue weighted by atomic mass is 9.91. The monoisotopic (exact) mass is 361 g/mol. The second-order valence-electron chi connectivity index (χ2n) is 6.04. The lowest BCUT2D eigenvalue weighted by molar-refractivity contribution is -0.0936. The van der Waals surface area contributed by atoms with Crippen LogP contribution in [0.15, 0.2) is 36.0 Å². The molecule has 0 atom stereocenters. The van der Waals surface area contributed by atoms with Crippen LogP contribution in [0.2, 0.25) is 5.02 Å². The number of nitrogens with one attached hydrogen (secondary N) is 1. The Morgan fingerprint density at radius 1 is 1.40 bits per heavy atom. The second-order valence-corrected chi connectivity index (χ2v) is 6.47. The molecule has 1 spiro atoms. The summed E-state index contributed by atoms with van der Waals surface area (Å²) in [4.78, 5) is 24.6. The van der Waals surface area contributed by atoms with Gasteiger partial charge in [0.05, 0.1) is 7.11 Å². The van der Waals surface area contributed by atoms with Crippen molar-refractivity contribution in [1.29, 1.82) is 0 Å². The number of carbonyl (C=O) groups is 1. The summed E-state index contributed by atoms with van der Waals surface area (Å²) in [7, 11) is 3.07. The van der Waals surface area contributed by atoms with Gasteiger partial charge in [0.1, 0.15) is 11.3 Å². The van der Waals surface area contributed by atoms with Crippen LogP contribution >= 0.6 is 11.6 Å². The van der Waals surface area contributed by atoms with E-state index < -0.39 is 5.60 Å². The first-order valence-electron chi connectivity index (χ1n) is 8.02. The molecule has 1 aromatic carbocycles. The number of hydrogen-bond acceptors (Lipinski definition) is 4. The maximum Gasteiger partial charge on any atom is 0.343 e. The molecule has 132 valence electrons. The quantitative estimate of drug-likeness (QED) is 0.617. The predicted octanol–water partition coefficient (Wildman–Crippen LogP) is 2.56. The van der Waals surface area contributed by atoms with Gasteiger partial charge in [0.2, 0.25) is 0 Å². The highest BCUT2D eigenvalue weighted by Gasteiger charge is 2.40. The molecule has 2 aliphatic heterocycles. The Bertz CT molecular complexity index is 745. The molecule has 25 heavy (non-hydrogen) atoms. The topological polar surface area (TPSA) is 54.0 Å². The Kier molecular flexibility index (Phi) is 5.19. The number of rotatable bonds is 1. The van der Waals surface area contributed by atoms with Crippen molar-refractivity contribution in [3.05, 3.63) is 46.6 Å². The van der Waals surface area contributed by atoms with E-state index in [1.807, 2.05) is 30.3 Å². The third-order valence-electron chi connectivity index (χ3n) is 4.36. The van der Waals surface area contributed by atoms with Crippen molar-refractivity contribution in [1.82, 2.24) is 15.4 Å². The zero-order valence-electron chi connectivity index (χ0n) is 14.2. The van der Waals surface area contributed by atoms with E-state index in [0.29, 0.717) is 31.0 Å². The molecule has 0 aromatic heterocycles. The van der Waals surface area contributed by atoms with E-state index in [0.717, 1.165) is 11.3 Å². The van der Waals surface area contributed by atoms with E-state index in [9.17, 15) is 4.79 Å². The molecular weight excluding hydrogens is 342 g/mol. The van der Waals surface area contributed by atoms with Gasteiger partial charge in [-0.05, 0) is 30.2 Å². The van der Waals surface area contributed by atoms with Gasteiger partial charge in [-0.15, -0.1) is 0 Å². The lowest BCUT2D eigenvalue weighted by Crippen LogP contribution is -2.50. The number of likely N-dealkylation sites (tertiary alicyclic amines) is 1. The smallest absolute Gasteiger partial charge is 0.323 e. The number of nitrogens with zero attached hydrogens (tertiary/aromatic N) is 2. The number of benzene rings is 1. The number of halogens is 1. The van der Waals surface area contributed by atoms with Crippen LogP contribution in [0.1, 0.15) is 18.4 Å². The molecule has 0 unspecified atom stereocenters. The third kappa shape index (κ3) is 4.07. The van der Waals surface area contributed by atoms with Crippen molar-refractivity contribution in [2.45, 2.75) is 18.4 Å². The lowest BCUT2D eigenvalue weighted by Gasteiger charge is -2.37. The fourth-order valence-corrected chi connectivity index (χ4v) is 3.04. The second kappa shape index (κ2) is 7.36. The van der Waals surface area contributed by atoms with E-state index in [1.54, 1.807) is 11.9 Å². The van der Waals surface area contributed by atoms with Crippen LogP contribution < -0.4 is 5.48 Å². The highest BCUT2D eigenvalue weighted by Crippen LogP contribution is 2.31. The fraction of sp³-hybridized carbons (Fsp3) is 0.389. The highest BCUT2D eigenvalue weighted by molar-refractivity contribution is 6.30. The van der Waals surface area contributed by atoms with Gasteiger partial charge in [-0.25, -0.2) is 9.86 Å². The van der Waals surface area contributed by atoms with Crippen LogP contribution in [0, 0.1) is 11.8 Å². The number of allylic oxidation sites excluding steroid dienone is 1. The predicted molar refractivity (Wildman–Crippen MR) is 94.3 cm³/mol. The van der Waals surface area contributed by atoms with Crippen LogP contribution in [-0.4, -0.2) is 48.8 Å². The van der Waals surface area contributed by atoms with Crippen molar-refractivity contribution in [2.75, 3.05) is 27.2 Å². The van der Waals surface area contributed by atoms with Crippen LogP contribution in [0.5, 0.6) is 0 Å². The van der Waals surface area contributed by atoms with Gasteiger partial charge in [0, 0.05) is 43.6 Å². The van der Waals surface area contributed by atoms with Crippen LogP contribution in [0.25, 0.3) is 0 Å². The largest absolute Gasteiger partial charge is 0.343 e. The first kappa shape index (κ1) is 17.6. The number of carbonyl (C=O) groups excluding carboxylic acids is 1. The van der Waals surface area contributed by atoms with E-state index in [2.05, 4.69) is 17.3 Å². The minimum absolute atomic E-state index is 0.145. The molecule has 0 radical (unpaired) electrons. The van der Waals surface area contributed by atoms with Crippen molar-refractivity contribution in [2.24, 2.45) is 0 Å². The number of amides is 2. The normalized spacial score (nSPS) is 18.2. The fourth-order valence-electron chi connectivity index (χ4n) is 2.85. The number of piperidine rings is 1. The molecule has 0 aliphatic carbocycles. The van der Waals surface area contributed by atoms with Gasteiger partial charge in [-0.2, -0.15) is 0 Å². The maximum atomic E-state index is 12.1. The summed E-state index contributed by atoms with van der Waals surface area (Å²) < 4.78 is 0. The Hall–Kier alpha value is -2.20. The van der Waals surface area contributed by atoms with Crippen molar-refractivity contribution < 1.29 is 14.5 Å². The Balaban J connectivity index is 1.63. The maximum absolute atomic E-state index is 12.1. The highest BCUT2D eigenvalue weighted by atomic mass is 35.5. The first-order valence-corrected chi connectivity index (χ1v) is 8.40. The molecule has 6 nitrogen and oxygen atoms in total. The van der Waals surface area contributed by atoms with Gasteiger partial charge in [0.25, 0.3) is 0 Å². The zero-order chi connectivity index (χ0) is 17.9.